The Morgan fingerprint density at radius 2 is 2.23 bits per heavy atom. The highest BCUT2D eigenvalue weighted by Gasteiger charge is 2.05. The third-order valence-electron chi connectivity index (χ3n) is 1.66. The van der Waals surface area contributed by atoms with Gasteiger partial charge in [0.25, 0.3) is 0 Å². The van der Waals surface area contributed by atoms with Gasteiger partial charge in [0, 0.05) is 6.04 Å². The van der Waals surface area contributed by atoms with Crippen molar-refractivity contribution in [2.75, 3.05) is 6.61 Å². The average molecular weight is 183 g/mol. The molecule has 0 heterocycles. The zero-order valence-electron chi connectivity index (χ0n) is 7.88. The summed E-state index contributed by atoms with van der Waals surface area (Å²) in [5.74, 6) is -0.0274. The lowest BCUT2D eigenvalue weighted by atomic mass is 10.2. The third-order valence-corrected chi connectivity index (χ3v) is 1.66. The first-order chi connectivity index (χ1) is 6.11. The van der Waals surface area contributed by atoms with E-state index in [1.165, 1.54) is 0 Å². The van der Waals surface area contributed by atoms with Crippen LogP contribution in [0.2, 0.25) is 0 Å². The molecule has 0 aliphatic carbocycles. The largest absolute Gasteiger partial charge is 0.489 e. The van der Waals surface area contributed by atoms with Gasteiger partial charge in [0.2, 0.25) is 0 Å². The molecule has 0 aliphatic rings. The molecular weight excluding hydrogens is 169 g/mol. The van der Waals surface area contributed by atoms with E-state index in [0.29, 0.717) is 12.2 Å². The SMILES string of the molecule is Cc1cccc(OCC(C)N)c1F. The summed E-state index contributed by atoms with van der Waals surface area (Å²) in [5.41, 5.74) is 6.07. The topological polar surface area (TPSA) is 35.2 Å². The van der Waals surface area contributed by atoms with Gasteiger partial charge in [-0.1, -0.05) is 12.1 Å². The van der Waals surface area contributed by atoms with Gasteiger partial charge in [-0.05, 0) is 25.5 Å². The number of hydrogen-bond donors (Lipinski definition) is 1. The third kappa shape index (κ3) is 2.70. The number of ether oxygens (including phenoxy) is 1. The summed E-state index contributed by atoms with van der Waals surface area (Å²) >= 11 is 0. The number of nitrogens with two attached hydrogens (primary N) is 1. The monoisotopic (exact) mass is 183 g/mol. The highest BCUT2D eigenvalue weighted by atomic mass is 19.1. The van der Waals surface area contributed by atoms with Gasteiger partial charge in [0.15, 0.2) is 11.6 Å². The lowest BCUT2D eigenvalue weighted by Gasteiger charge is -2.10. The van der Waals surface area contributed by atoms with Crippen molar-refractivity contribution in [2.45, 2.75) is 19.9 Å². The maximum absolute atomic E-state index is 13.3. The van der Waals surface area contributed by atoms with Gasteiger partial charge < -0.3 is 10.5 Å². The fourth-order valence-corrected chi connectivity index (χ4v) is 0.953. The van der Waals surface area contributed by atoms with Crippen molar-refractivity contribution >= 4 is 0 Å². The number of aryl methyl sites for hydroxylation is 1. The van der Waals surface area contributed by atoms with E-state index in [0.717, 1.165) is 0 Å². The summed E-state index contributed by atoms with van der Waals surface area (Å²) in [5, 5.41) is 0. The molecule has 1 aromatic carbocycles. The predicted molar refractivity (Wildman–Crippen MR) is 50.3 cm³/mol. The van der Waals surface area contributed by atoms with Crippen LogP contribution in [0.4, 0.5) is 4.39 Å². The van der Waals surface area contributed by atoms with E-state index in [9.17, 15) is 4.39 Å². The Hall–Kier alpha value is -1.09. The lowest BCUT2D eigenvalue weighted by Crippen LogP contribution is -2.23. The minimum Gasteiger partial charge on any atom is -0.489 e. The second kappa shape index (κ2) is 4.23. The van der Waals surface area contributed by atoms with Crippen LogP contribution in [-0.2, 0) is 0 Å². The molecular formula is C10H14FNO. The Balaban J connectivity index is 2.71. The summed E-state index contributed by atoms with van der Waals surface area (Å²) in [4.78, 5) is 0. The van der Waals surface area contributed by atoms with Crippen LogP contribution in [0.25, 0.3) is 0 Å². The molecule has 0 spiro atoms. The van der Waals surface area contributed by atoms with E-state index in [1.54, 1.807) is 25.1 Å². The normalized spacial score (nSPS) is 12.6. The second-order valence-electron chi connectivity index (χ2n) is 3.18. The molecule has 0 radical (unpaired) electrons. The Kier molecular flexibility index (Phi) is 3.25. The molecule has 3 heteroatoms. The molecule has 0 aliphatic heterocycles. The van der Waals surface area contributed by atoms with Gasteiger partial charge in [0.1, 0.15) is 6.61 Å². The van der Waals surface area contributed by atoms with Gasteiger partial charge in [-0.2, -0.15) is 0 Å². The van der Waals surface area contributed by atoms with Crippen molar-refractivity contribution in [3.05, 3.63) is 29.6 Å². The number of halogens is 1. The van der Waals surface area contributed by atoms with Gasteiger partial charge in [0.05, 0.1) is 0 Å². The fourth-order valence-electron chi connectivity index (χ4n) is 0.953. The van der Waals surface area contributed by atoms with Crippen LogP contribution in [0.3, 0.4) is 0 Å². The molecule has 2 nitrogen and oxygen atoms in total. The molecule has 0 amide bonds. The second-order valence-corrected chi connectivity index (χ2v) is 3.18. The Bertz CT molecular complexity index is 286. The number of benzene rings is 1. The van der Waals surface area contributed by atoms with Crippen LogP contribution in [0, 0.1) is 12.7 Å². The summed E-state index contributed by atoms with van der Waals surface area (Å²) in [6.45, 7) is 3.85. The van der Waals surface area contributed by atoms with Crippen LogP contribution in [0.15, 0.2) is 18.2 Å². The van der Waals surface area contributed by atoms with Crippen LogP contribution in [0.5, 0.6) is 5.75 Å². The van der Waals surface area contributed by atoms with E-state index >= 15 is 0 Å². The predicted octanol–water partition coefficient (Wildman–Crippen LogP) is 1.86. The zero-order valence-corrected chi connectivity index (χ0v) is 7.88. The number of rotatable bonds is 3. The van der Waals surface area contributed by atoms with E-state index in [1.807, 2.05) is 6.92 Å². The van der Waals surface area contributed by atoms with E-state index in [2.05, 4.69) is 0 Å². The van der Waals surface area contributed by atoms with Crippen molar-refractivity contribution in [3.63, 3.8) is 0 Å². The van der Waals surface area contributed by atoms with Crippen molar-refractivity contribution in [1.82, 2.24) is 0 Å². The van der Waals surface area contributed by atoms with E-state index in [4.69, 9.17) is 10.5 Å². The van der Waals surface area contributed by atoms with Crippen LogP contribution in [0.1, 0.15) is 12.5 Å². The highest BCUT2D eigenvalue weighted by Crippen LogP contribution is 2.19. The molecule has 2 N–H and O–H groups in total. The molecule has 72 valence electrons. The van der Waals surface area contributed by atoms with Crippen molar-refractivity contribution in [1.29, 1.82) is 0 Å². The Labute approximate surface area is 77.5 Å². The maximum Gasteiger partial charge on any atom is 0.167 e. The van der Waals surface area contributed by atoms with Crippen LogP contribution < -0.4 is 10.5 Å². The van der Waals surface area contributed by atoms with E-state index < -0.39 is 0 Å². The Morgan fingerprint density at radius 3 is 2.85 bits per heavy atom. The van der Waals surface area contributed by atoms with Crippen molar-refractivity contribution < 1.29 is 9.13 Å². The van der Waals surface area contributed by atoms with Gasteiger partial charge in [-0.3, -0.25) is 0 Å². The van der Waals surface area contributed by atoms with E-state index in [-0.39, 0.29) is 17.6 Å². The summed E-state index contributed by atoms with van der Waals surface area (Å²) < 4.78 is 18.5. The van der Waals surface area contributed by atoms with Crippen LogP contribution in [-0.4, -0.2) is 12.6 Å². The standard InChI is InChI=1S/C10H14FNO/c1-7-4-3-5-9(10(7)11)13-6-8(2)12/h3-5,8H,6,12H2,1-2H3. The molecule has 0 saturated carbocycles. The maximum atomic E-state index is 13.3. The zero-order chi connectivity index (χ0) is 9.84. The molecule has 0 bridgehead atoms. The van der Waals surface area contributed by atoms with Crippen molar-refractivity contribution in [2.24, 2.45) is 5.73 Å². The highest BCUT2D eigenvalue weighted by molar-refractivity contribution is 5.30. The molecule has 1 unspecified atom stereocenters. The van der Waals surface area contributed by atoms with Gasteiger partial charge >= 0.3 is 0 Å². The van der Waals surface area contributed by atoms with Gasteiger partial charge in [-0.15, -0.1) is 0 Å². The summed E-state index contributed by atoms with van der Waals surface area (Å²) in [6, 6.07) is 4.98. The van der Waals surface area contributed by atoms with Crippen molar-refractivity contribution in [3.8, 4) is 5.75 Å². The Morgan fingerprint density at radius 1 is 1.54 bits per heavy atom. The molecule has 13 heavy (non-hydrogen) atoms. The van der Waals surface area contributed by atoms with Crippen LogP contribution >= 0.6 is 0 Å². The first kappa shape index (κ1) is 9.99. The van der Waals surface area contributed by atoms with Gasteiger partial charge in [-0.25, -0.2) is 4.39 Å². The fraction of sp³-hybridized carbons (Fsp3) is 0.400. The first-order valence-electron chi connectivity index (χ1n) is 4.24. The quantitative estimate of drug-likeness (QED) is 0.776. The number of hydrogen-bond acceptors (Lipinski definition) is 2. The molecule has 0 fully saturated rings. The smallest absolute Gasteiger partial charge is 0.167 e. The summed E-state index contributed by atoms with van der Waals surface area (Å²) in [6.07, 6.45) is 0. The lowest BCUT2D eigenvalue weighted by molar-refractivity contribution is 0.282. The minimum absolute atomic E-state index is 0.0834. The molecule has 1 rings (SSSR count). The summed E-state index contributed by atoms with van der Waals surface area (Å²) in [7, 11) is 0. The molecule has 0 saturated heterocycles. The minimum atomic E-state index is -0.303. The molecule has 1 atom stereocenters. The average Bonchev–Trinajstić information content (AvgIpc) is 2.07. The molecule has 1 aromatic rings. The molecule has 0 aromatic heterocycles. The first-order valence-corrected chi connectivity index (χ1v) is 4.24.